The Kier molecular flexibility index (Phi) is 3.04. The van der Waals surface area contributed by atoms with Crippen molar-refractivity contribution in [3.8, 4) is 22.6 Å². The molecule has 0 unspecified atom stereocenters. The van der Waals surface area contributed by atoms with E-state index in [-0.39, 0.29) is 16.9 Å². The molecule has 0 aliphatic heterocycles. The third kappa shape index (κ3) is 2.19. The summed E-state index contributed by atoms with van der Waals surface area (Å²) in [6, 6.07) is 12.6. The molecule has 0 saturated heterocycles. The Labute approximate surface area is 108 Å². The second-order valence-electron chi connectivity index (χ2n) is 5.47. The van der Waals surface area contributed by atoms with Gasteiger partial charge in [-0.05, 0) is 23.1 Å². The zero-order valence-corrected chi connectivity index (χ0v) is 10.9. The van der Waals surface area contributed by atoms with E-state index in [9.17, 15) is 10.2 Å². The van der Waals surface area contributed by atoms with Gasteiger partial charge in [0.1, 0.15) is 11.5 Å². The third-order valence-corrected chi connectivity index (χ3v) is 3.02. The summed E-state index contributed by atoms with van der Waals surface area (Å²) in [5.74, 6) is 0.383. The smallest absolute Gasteiger partial charge is 0.123 e. The normalized spacial score (nSPS) is 11.5. The van der Waals surface area contributed by atoms with Crippen LogP contribution in [0.5, 0.6) is 11.5 Å². The quantitative estimate of drug-likeness (QED) is 0.791. The maximum Gasteiger partial charge on any atom is 0.123 e. The van der Waals surface area contributed by atoms with E-state index in [1.807, 2.05) is 24.3 Å². The molecule has 0 radical (unpaired) electrons. The average Bonchev–Trinajstić information content (AvgIpc) is 2.29. The van der Waals surface area contributed by atoms with Gasteiger partial charge in [-0.25, -0.2) is 0 Å². The Morgan fingerprint density at radius 1 is 0.778 bits per heavy atom. The molecular weight excluding hydrogens is 224 g/mol. The molecule has 0 saturated carbocycles. The van der Waals surface area contributed by atoms with Crippen molar-refractivity contribution in [2.45, 2.75) is 26.2 Å². The lowest BCUT2D eigenvalue weighted by Crippen LogP contribution is -2.12. The van der Waals surface area contributed by atoms with Crippen LogP contribution in [0, 0.1) is 0 Å². The molecule has 94 valence electrons. The maximum atomic E-state index is 10.1. The molecule has 2 rings (SSSR count). The molecular formula is C16H18O2. The van der Waals surface area contributed by atoms with Crippen molar-refractivity contribution in [2.75, 3.05) is 0 Å². The first-order valence-corrected chi connectivity index (χ1v) is 6.02. The van der Waals surface area contributed by atoms with Crippen molar-refractivity contribution in [1.82, 2.24) is 0 Å². The van der Waals surface area contributed by atoms with Crippen LogP contribution in [0.4, 0.5) is 0 Å². The van der Waals surface area contributed by atoms with Crippen molar-refractivity contribution >= 4 is 0 Å². The predicted molar refractivity (Wildman–Crippen MR) is 73.9 cm³/mol. The Hall–Kier alpha value is -1.96. The highest BCUT2D eigenvalue weighted by molar-refractivity contribution is 5.79. The van der Waals surface area contributed by atoms with Gasteiger partial charge in [0.25, 0.3) is 0 Å². The fraction of sp³-hybridized carbons (Fsp3) is 0.250. The molecule has 0 amide bonds. The van der Waals surface area contributed by atoms with E-state index in [1.54, 1.807) is 18.2 Å². The van der Waals surface area contributed by atoms with E-state index in [0.29, 0.717) is 11.1 Å². The molecule has 0 atom stereocenters. The molecule has 2 N–H and O–H groups in total. The van der Waals surface area contributed by atoms with Gasteiger partial charge in [0.15, 0.2) is 0 Å². The van der Waals surface area contributed by atoms with Crippen LogP contribution < -0.4 is 0 Å². The minimum absolute atomic E-state index is 0.101. The second-order valence-corrected chi connectivity index (χ2v) is 5.47. The second kappa shape index (κ2) is 4.37. The lowest BCUT2D eigenvalue weighted by Gasteiger charge is -2.24. The van der Waals surface area contributed by atoms with Crippen molar-refractivity contribution in [1.29, 1.82) is 0 Å². The number of phenolic OH excluding ortho intramolecular Hbond substituents is 2. The molecule has 0 spiro atoms. The number of para-hydroxylation sites is 1. The average molecular weight is 242 g/mol. The van der Waals surface area contributed by atoms with Crippen LogP contribution in [0.15, 0.2) is 42.5 Å². The number of phenols is 2. The number of hydrogen-bond acceptors (Lipinski definition) is 2. The van der Waals surface area contributed by atoms with Gasteiger partial charge < -0.3 is 10.2 Å². The number of hydrogen-bond donors (Lipinski definition) is 2. The van der Waals surface area contributed by atoms with Crippen molar-refractivity contribution in [3.05, 3.63) is 48.0 Å². The zero-order chi connectivity index (χ0) is 13.3. The molecule has 0 aromatic heterocycles. The largest absolute Gasteiger partial charge is 0.507 e. The fourth-order valence-electron chi connectivity index (χ4n) is 2.13. The summed E-state index contributed by atoms with van der Waals surface area (Å²) in [6.45, 7) is 6.27. The highest BCUT2D eigenvalue weighted by atomic mass is 16.3. The molecule has 2 aromatic carbocycles. The van der Waals surface area contributed by atoms with Gasteiger partial charge in [-0.1, -0.05) is 51.1 Å². The molecule has 0 fully saturated rings. The first-order chi connectivity index (χ1) is 8.41. The van der Waals surface area contributed by atoms with E-state index in [0.717, 1.165) is 5.56 Å². The van der Waals surface area contributed by atoms with Crippen molar-refractivity contribution < 1.29 is 10.2 Å². The Balaban J connectivity index is 2.75. The molecule has 2 nitrogen and oxygen atoms in total. The lowest BCUT2D eigenvalue weighted by molar-refractivity contribution is 0.466. The molecule has 0 aliphatic rings. The van der Waals surface area contributed by atoms with Crippen LogP contribution in [-0.2, 0) is 5.41 Å². The number of benzene rings is 2. The molecule has 2 aromatic rings. The molecule has 0 heterocycles. The van der Waals surface area contributed by atoms with E-state index >= 15 is 0 Å². The van der Waals surface area contributed by atoms with Crippen LogP contribution >= 0.6 is 0 Å². The summed E-state index contributed by atoms with van der Waals surface area (Å²) in [6.07, 6.45) is 0. The molecule has 18 heavy (non-hydrogen) atoms. The fourth-order valence-corrected chi connectivity index (χ4v) is 2.13. The molecule has 0 bridgehead atoms. The highest BCUT2D eigenvalue weighted by Crippen LogP contribution is 2.41. The maximum absolute atomic E-state index is 10.1. The van der Waals surface area contributed by atoms with Crippen molar-refractivity contribution in [3.63, 3.8) is 0 Å². The van der Waals surface area contributed by atoms with Gasteiger partial charge in [-0.2, -0.15) is 0 Å². The third-order valence-electron chi connectivity index (χ3n) is 3.02. The number of rotatable bonds is 1. The van der Waals surface area contributed by atoms with Gasteiger partial charge in [0, 0.05) is 11.1 Å². The highest BCUT2D eigenvalue weighted by Gasteiger charge is 2.22. The zero-order valence-electron chi connectivity index (χ0n) is 10.9. The van der Waals surface area contributed by atoms with Crippen LogP contribution in [0.25, 0.3) is 11.1 Å². The van der Waals surface area contributed by atoms with E-state index < -0.39 is 0 Å². The van der Waals surface area contributed by atoms with Gasteiger partial charge >= 0.3 is 0 Å². The predicted octanol–water partition coefficient (Wildman–Crippen LogP) is 4.06. The first kappa shape index (κ1) is 12.5. The monoisotopic (exact) mass is 242 g/mol. The van der Waals surface area contributed by atoms with Crippen molar-refractivity contribution in [2.24, 2.45) is 0 Å². The van der Waals surface area contributed by atoms with Gasteiger partial charge in [0.2, 0.25) is 0 Å². The van der Waals surface area contributed by atoms with Gasteiger partial charge in [-0.15, -0.1) is 0 Å². The van der Waals surface area contributed by atoms with E-state index in [1.165, 1.54) is 0 Å². The molecule has 0 aliphatic carbocycles. The van der Waals surface area contributed by atoms with Crippen LogP contribution in [0.3, 0.4) is 0 Å². The lowest BCUT2D eigenvalue weighted by atomic mass is 9.81. The summed E-state index contributed by atoms with van der Waals surface area (Å²) < 4.78 is 0. The van der Waals surface area contributed by atoms with E-state index in [4.69, 9.17) is 0 Å². The van der Waals surface area contributed by atoms with Crippen LogP contribution in [0.2, 0.25) is 0 Å². The van der Waals surface area contributed by atoms with Crippen LogP contribution in [-0.4, -0.2) is 10.2 Å². The summed E-state index contributed by atoms with van der Waals surface area (Å²) in [5.41, 5.74) is 2.30. The summed E-state index contributed by atoms with van der Waals surface area (Å²) in [7, 11) is 0. The Morgan fingerprint density at radius 2 is 1.39 bits per heavy atom. The Morgan fingerprint density at radius 3 is 2.00 bits per heavy atom. The minimum atomic E-state index is -0.101. The SMILES string of the molecule is CC(C)(C)c1cccc(O)c1-c1ccccc1O. The van der Waals surface area contributed by atoms with Gasteiger partial charge in [-0.3, -0.25) is 0 Å². The topological polar surface area (TPSA) is 40.5 Å². The Bertz CT molecular complexity index is 566. The van der Waals surface area contributed by atoms with E-state index in [2.05, 4.69) is 20.8 Å². The van der Waals surface area contributed by atoms with Gasteiger partial charge in [0.05, 0.1) is 0 Å². The van der Waals surface area contributed by atoms with Crippen LogP contribution in [0.1, 0.15) is 26.3 Å². The summed E-state index contributed by atoms with van der Waals surface area (Å²) in [5, 5.41) is 20.1. The first-order valence-electron chi connectivity index (χ1n) is 6.02. The molecule has 2 heteroatoms. The summed E-state index contributed by atoms with van der Waals surface area (Å²) >= 11 is 0. The number of aromatic hydroxyl groups is 2. The standard InChI is InChI=1S/C16H18O2/c1-16(2,3)12-8-6-10-14(18)15(12)11-7-4-5-9-13(11)17/h4-10,17-18H,1-3H3. The minimum Gasteiger partial charge on any atom is -0.507 e. The summed E-state index contributed by atoms with van der Waals surface area (Å²) in [4.78, 5) is 0.